The second kappa shape index (κ2) is 9.75. The van der Waals surface area contributed by atoms with Crippen LogP contribution in [0, 0.1) is 0 Å². The fourth-order valence-electron chi connectivity index (χ4n) is 1.06. The zero-order valence-corrected chi connectivity index (χ0v) is 16.7. The molecule has 2 aromatic heterocycles. The van der Waals surface area contributed by atoms with E-state index in [0.29, 0.717) is 9.74 Å². The minimum absolute atomic E-state index is 0.312. The van der Waals surface area contributed by atoms with Crippen LogP contribution in [0.3, 0.4) is 0 Å². The van der Waals surface area contributed by atoms with Crippen molar-refractivity contribution in [3.8, 4) is 0 Å². The molecule has 0 unspecified atom stereocenters. The maximum Gasteiger partial charge on any atom is 0.0173 e. The molecule has 2 rings (SSSR count). The van der Waals surface area contributed by atoms with Gasteiger partial charge in [-0.2, -0.15) is 11.3 Å². The summed E-state index contributed by atoms with van der Waals surface area (Å²) < 4.78 is 0.312. The minimum atomic E-state index is 0.312. The zero-order valence-electron chi connectivity index (χ0n) is 13.4. The van der Waals surface area contributed by atoms with E-state index in [2.05, 4.69) is 75.0 Å². The van der Waals surface area contributed by atoms with Gasteiger partial charge in [-0.15, -0.1) is 11.3 Å². The Morgan fingerprint density at radius 2 is 1.45 bits per heavy atom. The van der Waals surface area contributed by atoms with E-state index in [9.17, 15) is 0 Å². The summed E-state index contributed by atoms with van der Waals surface area (Å²) in [5.74, 6) is 0. The van der Waals surface area contributed by atoms with Crippen LogP contribution in [0.4, 0.5) is 0 Å². The smallest absolute Gasteiger partial charge is 0.0173 e. The van der Waals surface area contributed by atoms with Crippen molar-refractivity contribution in [3.05, 3.63) is 45.3 Å². The number of hydrogen-bond acceptors (Lipinski definition) is 2. The highest BCUT2D eigenvalue weighted by molar-refractivity contribution is 9.10. The molecule has 114 valence electrons. The molecule has 0 nitrogen and oxygen atoms in total. The van der Waals surface area contributed by atoms with Crippen LogP contribution < -0.4 is 0 Å². The highest BCUT2D eigenvalue weighted by Crippen LogP contribution is 2.29. The third-order valence-corrected chi connectivity index (χ3v) is 4.36. The predicted octanol–water partition coefficient (Wildman–Crippen LogP) is 7.36. The van der Waals surface area contributed by atoms with E-state index < -0.39 is 0 Å². The predicted molar refractivity (Wildman–Crippen MR) is 101 cm³/mol. The van der Waals surface area contributed by atoms with Gasteiger partial charge in [-0.25, -0.2) is 0 Å². The van der Waals surface area contributed by atoms with E-state index in [4.69, 9.17) is 0 Å². The lowest BCUT2D eigenvalue weighted by atomic mass is 9.89. The van der Waals surface area contributed by atoms with Crippen molar-refractivity contribution in [3.63, 3.8) is 0 Å². The molecule has 0 aromatic carbocycles. The molecule has 3 heteroatoms. The van der Waals surface area contributed by atoms with E-state index in [1.807, 2.05) is 34.2 Å². The average Bonchev–Trinajstić information content (AvgIpc) is 3.03. The van der Waals surface area contributed by atoms with E-state index in [1.165, 1.54) is 11.3 Å². The van der Waals surface area contributed by atoms with Gasteiger partial charge < -0.3 is 0 Å². The van der Waals surface area contributed by atoms with Gasteiger partial charge in [0.05, 0.1) is 0 Å². The molecular formula is C17H27BrS2. The lowest BCUT2D eigenvalue weighted by Gasteiger charge is -2.20. The second-order valence-electron chi connectivity index (χ2n) is 6.07. The number of hydrogen-bond donors (Lipinski definition) is 0. The van der Waals surface area contributed by atoms with Crippen LogP contribution >= 0.6 is 38.6 Å². The Labute approximate surface area is 141 Å². The summed E-state index contributed by atoms with van der Waals surface area (Å²) in [4.78, 5) is 1.50. The fourth-order valence-corrected chi connectivity index (χ4v) is 2.44. The Kier molecular flexibility index (Phi) is 9.69. The van der Waals surface area contributed by atoms with Gasteiger partial charge in [-0.1, -0.05) is 75.7 Å². The number of rotatable bonds is 2. The summed E-state index contributed by atoms with van der Waals surface area (Å²) in [5, 5.41) is 6.23. The van der Waals surface area contributed by atoms with Gasteiger partial charge in [0.2, 0.25) is 0 Å². The quantitative estimate of drug-likeness (QED) is 0.481. The Balaban J connectivity index is 0.000000304. The van der Waals surface area contributed by atoms with Crippen molar-refractivity contribution >= 4 is 38.6 Å². The van der Waals surface area contributed by atoms with Crippen LogP contribution in [0.15, 0.2) is 40.4 Å². The van der Waals surface area contributed by atoms with Gasteiger partial charge in [0.15, 0.2) is 0 Å². The topological polar surface area (TPSA) is 0 Å². The van der Waals surface area contributed by atoms with Crippen LogP contribution in [0.2, 0.25) is 0 Å². The summed E-state index contributed by atoms with van der Waals surface area (Å²) in [7, 11) is 0. The number of halogens is 1. The van der Waals surface area contributed by atoms with Crippen molar-refractivity contribution in [1.29, 1.82) is 0 Å². The van der Waals surface area contributed by atoms with Crippen LogP contribution in [-0.4, -0.2) is 4.32 Å². The lowest BCUT2D eigenvalue weighted by Crippen LogP contribution is -2.12. The summed E-state index contributed by atoms with van der Waals surface area (Å²) in [6.07, 6.45) is 1.22. The van der Waals surface area contributed by atoms with Gasteiger partial charge in [0.1, 0.15) is 0 Å². The van der Waals surface area contributed by atoms with Crippen LogP contribution in [-0.2, 0) is 5.41 Å². The number of thiophene rings is 2. The third-order valence-electron chi connectivity index (χ3n) is 2.50. The maximum absolute atomic E-state index is 3.38. The molecule has 0 aliphatic rings. The van der Waals surface area contributed by atoms with Crippen LogP contribution in [0.25, 0.3) is 0 Å². The molecule has 0 aliphatic heterocycles. The molecule has 0 atom stereocenters. The van der Waals surface area contributed by atoms with Crippen molar-refractivity contribution in [2.24, 2.45) is 0 Å². The molecule has 0 fully saturated rings. The van der Waals surface area contributed by atoms with Gasteiger partial charge in [0, 0.05) is 9.20 Å². The molecule has 0 aliphatic carbocycles. The van der Waals surface area contributed by atoms with E-state index in [1.54, 1.807) is 11.3 Å². The molecule has 0 spiro atoms. The summed E-state index contributed by atoms with van der Waals surface area (Å²) >= 11 is 6.94. The molecule has 0 N–H and O–H groups in total. The molecule has 0 saturated carbocycles. The largest absolute Gasteiger partial charge is 0.152 e. The lowest BCUT2D eigenvalue weighted by molar-refractivity contribution is 0.517. The van der Waals surface area contributed by atoms with E-state index in [-0.39, 0.29) is 0 Å². The van der Waals surface area contributed by atoms with Crippen LogP contribution in [0.1, 0.15) is 52.8 Å². The Morgan fingerprint density at radius 1 is 0.950 bits per heavy atom. The summed E-state index contributed by atoms with van der Waals surface area (Å²) in [5.41, 5.74) is 0.383. The molecule has 0 saturated heterocycles. The van der Waals surface area contributed by atoms with Crippen LogP contribution in [0.5, 0.6) is 0 Å². The summed E-state index contributed by atoms with van der Waals surface area (Å²) in [6, 6.07) is 8.38. The molecule has 0 radical (unpaired) electrons. The molecule has 2 aromatic rings. The Morgan fingerprint density at radius 3 is 1.70 bits per heavy atom. The van der Waals surface area contributed by atoms with Gasteiger partial charge in [-0.3, -0.25) is 0 Å². The van der Waals surface area contributed by atoms with Gasteiger partial charge in [-0.05, 0) is 34.0 Å². The highest BCUT2D eigenvalue weighted by atomic mass is 79.9. The van der Waals surface area contributed by atoms with Crippen molar-refractivity contribution < 1.29 is 0 Å². The molecule has 2 heterocycles. The Bertz CT molecular complexity index is 385. The van der Waals surface area contributed by atoms with Crippen molar-refractivity contribution in [2.75, 3.05) is 0 Å². The first-order chi connectivity index (χ1) is 9.17. The van der Waals surface area contributed by atoms with Crippen molar-refractivity contribution in [1.82, 2.24) is 0 Å². The third kappa shape index (κ3) is 11.7. The second-order valence-corrected chi connectivity index (χ2v) is 10.2. The first-order valence-electron chi connectivity index (χ1n) is 6.87. The maximum atomic E-state index is 3.38. The van der Waals surface area contributed by atoms with Gasteiger partial charge in [0.25, 0.3) is 0 Å². The normalized spacial score (nSPS) is 10.9. The first-order valence-corrected chi connectivity index (χ1v) is 9.48. The molecular weight excluding hydrogens is 348 g/mol. The standard InChI is InChI=1S/C9H14S.C4H9Br.C4H4S/c1-4-9(2,3)8-6-5-7-10-8;1-4(2,3)5;1-2-4-5-3-1/h5-7H,4H2,1-3H3;1-3H3;1-4H. The fraction of sp³-hybridized carbons (Fsp3) is 0.529. The average molecular weight is 375 g/mol. The Hall–Kier alpha value is -0.120. The summed E-state index contributed by atoms with van der Waals surface area (Å²) in [6.45, 7) is 13.1. The first kappa shape index (κ1) is 19.9. The molecule has 0 amide bonds. The monoisotopic (exact) mass is 374 g/mol. The van der Waals surface area contributed by atoms with E-state index >= 15 is 0 Å². The zero-order chi connectivity index (χ0) is 15.6. The van der Waals surface area contributed by atoms with E-state index in [0.717, 1.165) is 0 Å². The molecule has 0 bridgehead atoms. The van der Waals surface area contributed by atoms with Gasteiger partial charge >= 0.3 is 0 Å². The highest BCUT2D eigenvalue weighted by Gasteiger charge is 2.18. The number of alkyl halides is 1. The van der Waals surface area contributed by atoms with Crippen molar-refractivity contribution in [2.45, 2.75) is 57.7 Å². The SMILES string of the molecule is CC(C)(C)Br.CCC(C)(C)c1cccs1.c1ccsc1. The molecule has 20 heavy (non-hydrogen) atoms. The minimum Gasteiger partial charge on any atom is -0.152 e.